The van der Waals surface area contributed by atoms with Crippen LogP contribution in [0.4, 0.5) is 5.69 Å². The van der Waals surface area contributed by atoms with Gasteiger partial charge in [0.1, 0.15) is 28.2 Å². The van der Waals surface area contributed by atoms with Gasteiger partial charge in [0.2, 0.25) is 11.2 Å². The molecule has 0 saturated carbocycles. The van der Waals surface area contributed by atoms with Gasteiger partial charge in [-0.15, -0.1) is 0 Å². The normalized spacial score (nSPS) is 13.7. The van der Waals surface area contributed by atoms with Gasteiger partial charge in [-0.05, 0) is 37.8 Å². The van der Waals surface area contributed by atoms with Crippen molar-refractivity contribution in [2.24, 2.45) is 0 Å². The van der Waals surface area contributed by atoms with Crippen LogP contribution < -0.4 is 24.5 Å². The van der Waals surface area contributed by atoms with Crippen LogP contribution in [0.5, 0.6) is 28.7 Å². The number of benzene rings is 2. The number of anilines is 1. The predicted octanol–water partition coefficient (Wildman–Crippen LogP) is 5.84. The standard InChI is InChI=1S/C28H35NO7/c1-4-5-6-10-13-35-19-16-20(30)24-21(17-19)36-28(25(27(24)32)29-11-8-7-9-12-29)18-14-22(33-2)26(31)23(15-18)34-3/h14-17,30-31H,4-13H2,1-3H3. The van der Waals surface area contributed by atoms with Gasteiger partial charge in [-0.3, -0.25) is 4.79 Å². The fourth-order valence-corrected chi connectivity index (χ4v) is 4.69. The molecule has 194 valence electrons. The smallest absolute Gasteiger partial charge is 0.220 e. The highest BCUT2D eigenvalue weighted by molar-refractivity contribution is 5.91. The molecule has 8 nitrogen and oxygen atoms in total. The molecule has 2 N–H and O–H groups in total. The molecule has 0 unspecified atom stereocenters. The topological polar surface area (TPSA) is 102 Å². The third kappa shape index (κ3) is 5.17. The van der Waals surface area contributed by atoms with Crippen molar-refractivity contribution < 1.29 is 28.8 Å². The van der Waals surface area contributed by atoms with Crippen LogP contribution >= 0.6 is 0 Å². The molecule has 1 aliphatic heterocycles. The van der Waals surface area contributed by atoms with E-state index in [1.165, 1.54) is 20.3 Å². The van der Waals surface area contributed by atoms with Gasteiger partial charge in [-0.2, -0.15) is 0 Å². The van der Waals surface area contributed by atoms with Crippen LogP contribution in [-0.2, 0) is 0 Å². The number of aromatic hydroxyl groups is 2. The molecule has 8 heteroatoms. The van der Waals surface area contributed by atoms with Crippen LogP contribution in [-0.4, -0.2) is 44.1 Å². The van der Waals surface area contributed by atoms with Crippen molar-refractivity contribution >= 4 is 16.7 Å². The maximum Gasteiger partial charge on any atom is 0.220 e. The Hall–Kier alpha value is -3.55. The Morgan fingerprint density at radius 2 is 1.64 bits per heavy atom. The van der Waals surface area contributed by atoms with Gasteiger partial charge in [0, 0.05) is 30.8 Å². The number of nitrogens with zero attached hydrogens (tertiary/aromatic N) is 1. The summed E-state index contributed by atoms with van der Waals surface area (Å²) in [4.78, 5) is 15.9. The minimum atomic E-state index is -0.314. The Kier molecular flexibility index (Phi) is 8.13. The molecule has 36 heavy (non-hydrogen) atoms. The number of hydrogen-bond acceptors (Lipinski definition) is 8. The zero-order chi connectivity index (χ0) is 25.7. The van der Waals surface area contributed by atoms with E-state index in [4.69, 9.17) is 18.6 Å². The van der Waals surface area contributed by atoms with E-state index in [1.54, 1.807) is 18.2 Å². The molecule has 0 aliphatic carbocycles. The highest BCUT2D eigenvalue weighted by Gasteiger charge is 2.26. The second-order valence-electron chi connectivity index (χ2n) is 9.11. The van der Waals surface area contributed by atoms with E-state index >= 15 is 0 Å². The molecule has 0 spiro atoms. The summed E-state index contributed by atoms with van der Waals surface area (Å²) >= 11 is 0. The number of fused-ring (bicyclic) bond motifs is 1. The first-order valence-corrected chi connectivity index (χ1v) is 12.6. The van der Waals surface area contributed by atoms with Crippen molar-refractivity contribution in [2.75, 3.05) is 38.8 Å². The molecular formula is C28H35NO7. The molecule has 4 rings (SSSR count). The maximum atomic E-state index is 13.8. The first-order valence-electron chi connectivity index (χ1n) is 12.6. The van der Waals surface area contributed by atoms with E-state index < -0.39 is 0 Å². The molecule has 1 fully saturated rings. The van der Waals surface area contributed by atoms with Gasteiger partial charge >= 0.3 is 0 Å². The number of unbranched alkanes of at least 4 members (excludes halogenated alkanes) is 3. The summed E-state index contributed by atoms with van der Waals surface area (Å²) in [6.07, 6.45) is 7.25. The lowest BCUT2D eigenvalue weighted by atomic mass is 10.0. The quantitative estimate of drug-likeness (QED) is 0.337. The Labute approximate surface area is 211 Å². The Morgan fingerprint density at radius 3 is 2.28 bits per heavy atom. The fourth-order valence-electron chi connectivity index (χ4n) is 4.69. The highest BCUT2D eigenvalue weighted by atomic mass is 16.5. The molecule has 2 aromatic carbocycles. The lowest BCUT2D eigenvalue weighted by Gasteiger charge is -2.29. The number of ether oxygens (including phenoxy) is 3. The van der Waals surface area contributed by atoms with E-state index in [9.17, 15) is 15.0 Å². The van der Waals surface area contributed by atoms with Crippen LogP contribution in [0, 0.1) is 0 Å². The van der Waals surface area contributed by atoms with E-state index in [1.807, 2.05) is 4.90 Å². The van der Waals surface area contributed by atoms with Crippen molar-refractivity contribution in [2.45, 2.75) is 51.9 Å². The van der Waals surface area contributed by atoms with Gasteiger partial charge in [-0.25, -0.2) is 0 Å². The molecule has 1 aromatic heterocycles. The van der Waals surface area contributed by atoms with Crippen molar-refractivity contribution in [1.82, 2.24) is 0 Å². The predicted molar refractivity (Wildman–Crippen MR) is 140 cm³/mol. The molecule has 1 aliphatic rings. The van der Waals surface area contributed by atoms with E-state index in [0.717, 1.165) is 44.9 Å². The third-order valence-corrected chi connectivity index (χ3v) is 6.61. The largest absolute Gasteiger partial charge is 0.507 e. The molecule has 1 saturated heterocycles. The van der Waals surface area contributed by atoms with Gasteiger partial charge in [-0.1, -0.05) is 26.2 Å². The number of rotatable bonds is 10. The van der Waals surface area contributed by atoms with E-state index in [2.05, 4.69) is 6.92 Å². The number of phenolic OH excluding ortho intramolecular Hbond substituents is 2. The Balaban J connectivity index is 1.87. The molecular weight excluding hydrogens is 462 g/mol. The molecule has 0 bridgehead atoms. The van der Waals surface area contributed by atoms with Gasteiger partial charge in [0.25, 0.3) is 0 Å². The summed E-state index contributed by atoms with van der Waals surface area (Å²) in [5.41, 5.74) is 0.809. The van der Waals surface area contributed by atoms with Crippen LogP contribution in [0.1, 0.15) is 51.9 Å². The summed E-state index contributed by atoms with van der Waals surface area (Å²) in [7, 11) is 2.89. The number of piperidine rings is 1. The van der Waals surface area contributed by atoms with Crippen LogP contribution in [0.2, 0.25) is 0 Å². The number of phenols is 2. The maximum absolute atomic E-state index is 13.8. The van der Waals surface area contributed by atoms with Crippen LogP contribution in [0.15, 0.2) is 33.5 Å². The van der Waals surface area contributed by atoms with Gasteiger partial charge in [0.15, 0.2) is 17.3 Å². The van der Waals surface area contributed by atoms with Crippen molar-refractivity contribution in [3.63, 3.8) is 0 Å². The minimum absolute atomic E-state index is 0.121. The van der Waals surface area contributed by atoms with Crippen molar-refractivity contribution in [3.8, 4) is 40.1 Å². The Morgan fingerprint density at radius 1 is 0.944 bits per heavy atom. The summed E-state index contributed by atoms with van der Waals surface area (Å²) in [6.45, 7) is 4.07. The monoisotopic (exact) mass is 497 g/mol. The summed E-state index contributed by atoms with van der Waals surface area (Å²) in [6, 6.07) is 6.35. The molecule has 0 amide bonds. The van der Waals surface area contributed by atoms with E-state index in [-0.39, 0.29) is 39.4 Å². The zero-order valence-electron chi connectivity index (χ0n) is 21.3. The molecule has 2 heterocycles. The second-order valence-corrected chi connectivity index (χ2v) is 9.11. The van der Waals surface area contributed by atoms with Gasteiger partial charge in [0.05, 0.1) is 20.8 Å². The molecule has 3 aromatic rings. The zero-order valence-corrected chi connectivity index (χ0v) is 21.3. The summed E-state index contributed by atoms with van der Waals surface area (Å²) < 4.78 is 22.9. The lowest BCUT2D eigenvalue weighted by molar-refractivity contribution is 0.303. The highest BCUT2D eigenvalue weighted by Crippen LogP contribution is 2.44. The Bertz CT molecular complexity index is 1240. The molecule has 0 radical (unpaired) electrons. The van der Waals surface area contributed by atoms with Crippen molar-refractivity contribution in [3.05, 3.63) is 34.5 Å². The van der Waals surface area contributed by atoms with Crippen molar-refractivity contribution in [1.29, 1.82) is 0 Å². The van der Waals surface area contributed by atoms with E-state index in [0.29, 0.717) is 42.5 Å². The molecule has 0 atom stereocenters. The van der Waals surface area contributed by atoms with Crippen LogP contribution in [0.25, 0.3) is 22.3 Å². The lowest BCUT2D eigenvalue weighted by Crippen LogP contribution is -2.33. The third-order valence-electron chi connectivity index (χ3n) is 6.61. The average Bonchev–Trinajstić information content (AvgIpc) is 2.88. The summed E-state index contributed by atoms with van der Waals surface area (Å²) in [5.74, 6) is 0.855. The minimum Gasteiger partial charge on any atom is -0.507 e. The average molecular weight is 498 g/mol. The first-order chi connectivity index (χ1) is 17.5. The van der Waals surface area contributed by atoms with Crippen LogP contribution in [0.3, 0.4) is 0 Å². The SMILES string of the molecule is CCCCCCOc1cc(O)c2c(=O)c(N3CCCCC3)c(-c3cc(OC)c(O)c(OC)c3)oc2c1. The fraction of sp³-hybridized carbons (Fsp3) is 0.464. The summed E-state index contributed by atoms with van der Waals surface area (Å²) in [5, 5.41) is 21.4. The van der Waals surface area contributed by atoms with Gasteiger partial charge < -0.3 is 33.7 Å². The first kappa shape index (κ1) is 25.5. The second kappa shape index (κ2) is 11.5. The number of methoxy groups -OCH3 is 2. The number of hydrogen-bond donors (Lipinski definition) is 2.